The van der Waals surface area contributed by atoms with Crippen LogP contribution >= 0.6 is 33.9 Å². The van der Waals surface area contributed by atoms with Gasteiger partial charge in [0.05, 0.1) is 10.2 Å². The Bertz CT molecular complexity index is 804. The molecule has 0 bridgehead atoms. The highest BCUT2D eigenvalue weighted by Gasteiger charge is 2.05. The van der Waals surface area contributed by atoms with Crippen molar-refractivity contribution < 1.29 is 0 Å². The van der Waals surface area contributed by atoms with E-state index in [2.05, 4.69) is 96.2 Å². The van der Waals surface area contributed by atoms with E-state index in [1.807, 2.05) is 0 Å². The van der Waals surface area contributed by atoms with Crippen LogP contribution in [0.3, 0.4) is 0 Å². The molecule has 0 amide bonds. The zero-order chi connectivity index (χ0) is 15.5. The lowest BCUT2D eigenvalue weighted by Crippen LogP contribution is -2.07. The molecule has 112 valence electrons. The molecule has 3 rings (SSSR count). The first-order chi connectivity index (χ1) is 10.7. The average molecular weight is 420 g/mol. The lowest BCUT2D eigenvalue weighted by Gasteiger charge is -2.11. The molecule has 0 aliphatic heterocycles. The average Bonchev–Trinajstić information content (AvgIpc) is 2.96. The van der Waals surface area contributed by atoms with E-state index in [0.29, 0.717) is 0 Å². The third-order valence-corrected chi connectivity index (χ3v) is 5.30. The lowest BCUT2D eigenvalue weighted by atomic mass is 10.2. The van der Waals surface area contributed by atoms with Crippen LogP contribution < -0.4 is 4.90 Å². The Labute approximate surface area is 148 Å². The molecule has 0 N–H and O–H groups in total. The van der Waals surface area contributed by atoms with Crippen molar-refractivity contribution in [1.82, 2.24) is 4.98 Å². The van der Waals surface area contributed by atoms with Crippen LogP contribution in [-0.4, -0.2) is 19.1 Å². The number of nitrogens with zero attached hydrogens (tertiary/aromatic N) is 2. The summed E-state index contributed by atoms with van der Waals surface area (Å²) in [5.74, 6) is 0. The summed E-state index contributed by atoms with van der Waals surface area (Å²) in [7, 11) is 4.10. The minimum absolute atomic E-state index is 0.994. The van der Waals surface area contributed by atoms with Gasteiger partial charge in [0.1, 0.15) is 5.01 Å². The molecule has 1 heterocycles. The molecule has 0 radical (unpaired) electrons. The minimum Gasteiger partial charge on any atom is -0.378 e. The van der Waals surface area contributed by atoms with E-state index < -0.39 is 0 Å². The summed E-state index contributed by atoms with van der Waals surface area (Å²) in [6.07, 6.45) is 4.23. The number of anilines is 1. The number of halogens is 1. The van der Waals surface area contributed by atoms with Gasteiger partial charge in [0, 0.05) is 24.2 Å². The van der Waals surface area contributed by atoms with Crippen molar-refractivity contribution in [2.45, 2.75) is 4.43 Å². The second-order valence-corrected chi connectivity index (χ2v) is 7.09. The predicted octanol–water partition coefficient (Wildman–Crippen LogP) is 5.47. The molecule has 0 saturated carbocycles. The van der Waals surface area contributed by atoms with Gasteiger partial charge in [-0.15, -0.1) is 11.3 Å². The first kappa shape index (κ1) is 15.5. The number of alkyl halides is 1. The highest BCUT2D eigenvalue weighted by atomic mass is 127. The van der Waals surface area contributed by atoms with E-state index in [1.165, 1.54) is 21.5 Å². The maximum Gasteiger partial charge on any atom is 0.117 e. The van der Waals surface area contributed by atoms with Gasteiger partial charge in [0.15, 0.2) is 0 Å². The quantitative estimate of drug-likeness (QED) is 0.411. The van der Waals surface area contributed by atoms with Crippen molar-refractivity contribution in [3.63, 3.8) is 0 Å². The van der Waals surface area contributed by atoms with Gasteiger partial charge in [-0.1, -0.05) is 52.9 Å². The summed E-state index contributed by atoms with van der Waals surface area (Å²) in [5, 5.41) is 1.06. The fourth-order valence-electron chi connectivity index (χ4n) is 2.25. The predicted molar refractivity (Wildman–Crippen MR) is 107 cm³/mol. The van der Waals surface area contributed by atoms with Crippen LogP contribution in [0, 0.1) is 0 Å². The molecule has 0 atom stereocenters. The van der Waals surface area contributed by atoms with Crippen molar-refractivity contribution in [2.24, 2.45) is 0 Å². The number of hydrogen-bond donors (Lipinski definition) is 0. The summed E-state index contributed by atoms with van der Waals surface area (Å²) in [6.45, 7) is 0. The van der Waals surface area contributed by atoms with Gasteiger partial charge in [-0.2, -0.15) is 0 Å². The Morgan fingerprint density at radius 2 is 1.86 bits per heavy atom. The minimum atomic E-state index is 0.994. The topological polar surface area (TPSA) is 16.1 Å². The second kappa shape index (κ2) is 6.79. The summed E-state index contributed by atoms with van der Waals surface area (Å²) in [6, 6.07) is 14.9. The standard InChI is InChI=1S/C18H17IN2S/c1-21(2)15-9-6-13(7-10-15)8-11-17-20-18-14(12-19)4-3-5-16(18)22-17/h3-11H,12H2,1-2H3. The van der Waals surface area contributed by atoms with Crippen LogP contribution in [0.2, 0.25) is 0 Å². The molecule has 22 heavy (non-hydrogen) atoms. The molecule has 0 aliphatic rings. The van der Waals surface area contributed by atoms with Crippen molar-refractivity contribution in [3.05, 3.63) is 58.6 Å². The maximum atomic E-state index is 4.76. The van der Waals surface area contributed by atoms with Crippen LogP contribution in [0.15, 0.2) is 42.5 Å². The SMILES string of the molecule is CN(C)c1ccc(C=Cc2nc3c(CI)cccc3s2)cc1. The number of thiazole rings is 1. The third kappa shape index (κ3) is 3.33. The zero-order valence-electron chi connectivity index (χ0n) is 12.6. The number of para-hydroxylation sites is 1. The molecule has 0 spiro atoms. The number of benzene rings is 2. The summed E-state index contributed by atoms with van der Waals surface area (Å²) in [4.78, 5) is 6.87. The molecule has 3 aromatic rings. The van der Waals surface area contributed by atoms with Crippen molar-refractivity contribution in [3.8, 4) is 0 Å². The van der Waals surface area contributed by atoms with Crippen LogP contribution in [0.4, 0.5) is 5.69 Å². The highest BCUT2D eigenvalue weighted by Crippen LogP contribution is 2.27. The molecule has 2 nitrogen and oxygen atoms in total. The highest BCUT2D eigenvalue weighted by molar-refractivity contribution is 14.1. The smallest absolute Gasteiger partial charge is 0.117 e. The van der Waals surface area contributed by atoms with Gasteiger partial charge in [-0.3, -0.25) is 0 Å². The number of rotatable bonds is 4. The van der Waals surface area contributed by atoms with Gasteiger partial charge in [-0.25, -0.2) is 4.98 Å². The fourth-order valence-corrected chi connectivity index (χ4v) is 3.79. The number of hydrogen-bond acceptors (Lipinski definition) is 3. The van der Waals surface area contributed by atoms with E-state index in [0.717, 1.165) is 15.0 Å². The molecule has 2 aromatic carbocycles. The summed E-state index contributed by atoms with van der Waals surface area (Å²) < 4.78 is 2.25. The Morgan fingerprint density at radius 1 is 1.09 bits per heavy atom. The van der Waals surface area contributed by atoms with Crippen LogP contribution in [0.25, 0.3) is 22.4 Å². The Balaban J connectivity index is 1.86. The molecular formula is C18H17IN2S. The Hall–Kier alpha value is -1.40. The van der Waals surface area contributed by atoms with Gasteiger partial charge < -0.3 is 4.90 Å². The first-order valence-corrected chi connectivity index (χ1v) is 9.41. The maximum absolute atomic E-state index is 4.76. The number of fused-ring (bicyclic) bond motifs is 1. The van der Waals surface area contributed by atoms with E-state index in [-0.39, 0.29) is 0 Å². The molecule has 0 unspecified atom stereocenters. The van der Waals surface area contributed by atoms with E-state index in [4.69, 9.17) is 4.98 Å². The first-order valence-electron chi connectivity index (χ1n) is 7.07. The normalized spacial score (nSPS) is 11.4. The molecule has 0 fully saturated rings. The van der Waals surface area contributed by atoms with Crippen LogP contribution in [0.5, 0.6) is 0 Å². The molecule has 0 saturated heterocycles. The van der Waals surface area contributed by atoms with Crippen molar-refractivity contribution in [1.29, 1.82) is 0 Å². The monoisotopic (exact) mass is 420 g/mol. The van der Waals surface area contributed by atoms with Gasteiger partial charge in [0.2, 0.25) is 0 Å². The molecular weight excluding hydrogens is 403 g/mol. The van der Waals surface area contributed by atoms with Crippen LogP contribution in [0.1, 0.15) is 16.1 Å². The molecule has 4 heteroatoms. The van der Waals surface area contributed by atoms with E-state index >= 15 is 0 Å². The van der Waals surface area contributed by atoms with Gasteiger partial charge >= 0.3 is 0 Å². The second-order valence-electron chi connectivity index (χ2n) is 5.27. The third-order valence-electron chi connectivity index (χ3n) is 3.49. The van der Waals surface area contributed by atoms with Crippen molar-refractivity contribution >= 4 is 62.0 Å². The largest absolute Gasteiger partial charge is 0.378 e. The van der Waals surface area contributed by atoms with E-state index in [9.17, 15) is 0 Å². The molecule has 1 aromatic heterocycles. The lowest BCUT2D eigenvalue weighted by molar-refractivity contribution is 1.13. The Kier molecular flexibility index (Phi) is 4.78. The van der Waals surface area contributed by atoms with E-state index in [1.54, 1.807) is 11.3 Å². The van der Waals surface area contributed by atoms with Crippen LogP contribution in [-0.2, 0) is 4.43 Å². The van der Waals surface area contributed by atoms with Gasteiger partial charge in [0.25, 0.3) is 0 Å². The van der Waals surface area contributed by atoms with Gasteiger partial charge in [-0.05, 0) is 35.4 Å². The molecule has 0 aliphatic carbocycles. The zero-order valence-corrected chi connectivity index (χ0v) is 15.6. The summed E-state index contributed by atoms with van der Waals surface area (Å²) >= 11 is 4.14. The Morgan fingerprint density at radius 3 is 2.55 bits per heavy atom. The van der Waals surface area contributed by atoms with Crippen molar-refractivity contribution in [2.75, 3.05) is 19.0 Å². The fraction of sp³-hybridized carbons (Fsp3) is 0.167. The number of aromatic nitrogens is 1. The summed E-state index contributed by atoms with van der Waals surface area (Å²) in [5.41, 5.74) is 4.86.